The van der Waals surface area contributed by atoms with Crippen LogP contribution >= 0.6 is 0 Å². The van der Waals surface area contributed by atoms with Crippen LogP contribution in [0.5, 0.6) is 0 Å². The molecule has 0 fully saturated rings. The summed E-state index contributed by atoms with van der Waals surface area (Å²) in [6.45, 7) is 0. The fourth-order valence-corrected chi connectivity index (χ4v) is 3.53. The van der Waals surface area contributed by atoms with Crippen LogP contribution in [-0.2, 0) is 0 Å². The van der Waals surface area contributed by atoms with Crippen LogP contribution in [0, 0.1) is 40.5 Å². The second kappa shape index (κ2) is 6.84. The van der Waals surface area contributed by atoms with Crippen molar-refractivity contribution in [3.05, 3.63) is 95.1 Å². The number of nitrogens with zero attached hydrogens (tertiary/aromatic N) is 5. The van der Waals surface area contributed by atoms with Crippen molar-refractivity contribution in [1.82, 2.24) is 4.57 Å². The van der Waals surface area contributed by atoms with Crippen LogP contribution in [0.1, 0.15) is 0 Å². The number of hydrogen-bond acceptors (Lipinski definition) is 8. The summed E-state index contributed by atoms with van der Waals surface area (Å²) >= 11 is 0. The number of nitro benzene ring substituents is 4. The molecule has 0 amide bonds. The minimum Gasteiger partial charge on any atom is -0.297 e. The highest BCUT2D eigenvalue weighted by Crippen LogP contribution is 2.44. The lowest BCUT2D eigenvalue weighted by molar-refractivity contribution is -0.393. The van der Waals surface area contributed by atoms with Crippen LogP contribution in [0.25, 0.3) is 27.5 Å². The van der Waals surface area contributed by atoms with Gasteiger partial charge in [0.2, 0.25) is 0 Å². The van der Waals surface area contributed by atoms with E-state index in [1.165, 1.54) is 16.7 Å². The van der Waals surface area contributed by atoms with Gasteiger partial charge in [0.15, 0.2) is 0 Å². The molecule has 3 aromatic carbocycles. The molecule has 0 spiro atoms. The second-order valence-electron chi connectivity index (χ2n) is 6.42. The van der Waals surface area contributed by atoms with Crippen LogP contribution in [0.2, 0.25) is 0 Å². The molecule has 0 aliphatic carbocycles. The van der Waals surface area contributed by atoms with Crippen LogP contribution in [0.15, 0.2) is 54.6 Å². The quantitative estimate of drug-likeness (QED) is 0.334. The maximum atomic E-state index is 11.8. The first-order chi connectivity index (χ1) is 14.7. The zero-order valence-electron chi connectivity index (χ0n) is 15.2. The Hall–Kier alpha value is -4.94. The molecule has 0 radical (unpaired) electrons. The van der Waals surface area contributed by atoms with Gasteiger partial charge in [0.1, 0.15) is 11.0 Å². The van der Waals surface area contributed by atoms with E-state index in [0.717, 1.165) is 24.3 Å². The molecule has 1 heterocycles. The summed E-state index contributed by atoms with van der Waals surface area (Å²) in [6.07, 6.45) is 0. The van der Waals surface area contributed by atoms with E-state index in [1.54, 1.807) is 18.2 Å². The SMILES string of the molecule is O=[N+]([O-])c1cc([N+](=O)[O-])c2c(c1)c1cc([N+](=O)[O-])cc([N+](=O)[O-])c1n2-c1ccccc1. The Labute approximate surface area is 170 Å². The summed E-state index contributed by atoms with van der Waals surface area (Å²) in [4.78, 5) is 42.9. The average molecular weight is 423 g/mol. The molecule has 0 atom stereocenters. The molecule has 4 rings (SSSR count). The second-order valence-corrected chi connectivity index (χ2v) is 6.42. The highest BCUT2D eigenvalue weighted by molar-refractivity contribution is 6.16. The molecule has 31 heavy (non-hydrogen) atoms. The first-order valence-electron chi connectivity index (χ1n) is 8.50. The Kier molecular flexibility index (Phi) is 4.27. The monoisotopic (exact) mass is 423 g/mol. The van der Waals surface area contributed by atoms with Gasteiger partial charge in [-0.3, -0.25) is 45.0 Å². The standard InChI is InChI=1S/C18H9N5O8/c24-20(25)11-6-13-14-7-12(21(26)27)9-16(23(30)31)18(14)19(10-4-2-1-3-5-10)17(13)15(8-11)22(28)29/h1-9H. The van der Waals surface area contributed by atoms with Gasteiger partial charge in [-0.05, 0) is 12.1 Å². The molecule has 0 aliphatic heterocycles. The van der Waals surface area contributed by atoms with Crippen molar-refractivity contribution < 1.29 is 19.7 Å². The summed E-state index contributed by atoms with van der Waals surface area (Å²) in [6, 6.07) is 11.5. The predicted molar refractivity (Wildman–Crippen MR) is 107 cm³/mol. The summed E-state index contributed by atoms with van der Waals surface area (Å²) in [5.41, 5.74) is -2.58. The third-order valence-electron chi connectivity index (χ3n) is 4.72. The Morgan fingerprint density at radius 2 is 1.00 bits per heavy atom. The third-order valence-corrected chi connectivity index (χ3v) is 4.72. The summed E-state index contributed by atoms with van der Waals surface area (Å²) in [5.74, 6) is 0. The van der Waals surface area contributed by atoms with Gasteiger partial charge in [0, 0.05) is 28.6 Å². The van der Waals surface area contributed by atoms with Crippen molar-refractivity contribution in [2.75, 3.05) is 0 Å². The largest absolute Gasteiger partial charge is 0.300 e. The number of non-ortho nitro benzene ring substituents is 4. The molecule has 1 aromatic heterocycles. The number of nitro groups is 4. The zero-order chi connectivity index (χ0) is 22.4. The topological polar surface area (TPSA) is 177 Å². The van der Waals surface area contributed by atoms with E-state index in [0.29, 0.717) is 5.69 Å². The number of fused-ring (bicyclic) bond motifs is 3. The van der Waals surface area contributed by atoms with E-state index in [2.05, 4.69) is 0 Å². The lowest BCUT2D eigenvalue weighted by atomic mass is 10.1. The fourth-order valence-electron chi connectivity index (χ4n) is 3.53. The van der Waals surface area contributed by atoms with Crippen molar-refractivity contribution >= 4 is 44.6 Å². The lowest BCUT2D eigenvalue weighted by Crippen LogP contribution is -2.01. The highest BCUT2D eigenvalue weighted by Gasteiger charge is 2.31. The normalized spacial score (nSPS) is 11.0. The van der Waals surface area contributed by atoms with Gasteiger partial charge in [0.05, 0.1) is 31.8 Å². The smallest absolute Gasteiger partial charge is 0.297 e. The first kappa shape index (κ1) is 19.4. The Bertz CT molecular complexity index is 1360. The molecule has 0 N–H and O–H groups in total. The fraction of sp³-hybridized carbons (Fsp3) is 0. The maximum Gasteiger partial charge on any atom is 0.300 e. The predicted octanol–water partition coefficient (Wildman–Crippen LogP) is 4.42. The van der Waals surface area contributed by atoms with E-state index in [4.69, 9.17) is 0 Å². The van der Waals surface area contributed by atoms with Crippen molar-refractivity contribution in [3.8, 4) is 5.69 Å². The number of hydrogen-bond donors (Lipinski definition) is 0. The number of benzene rings is 3. The van der Waals surface area contributed by atoms with Gasteiger partial charge < -0.3 is 0 Å². The summed E-state index contributed by atoms with van der Waals surface area (Å²) < 4.78 is 1.22. The van der Waals surface area contributed by atoms with Crippen molar-refractivity contribution in [1.29, 1.82) is 0 Å². The Morgan fingerprint density at radius 3 is 1.35 bits per heavy atom. The van der Waals surface area contributed by atoms with Crippen LogP contribution in [-0.4, -0.2) is 24.3 Å². The molecule has 0 bridgehead atoms. The molecule has 13 nitrogen and oxygen atoms in total. The lowest BCUT2D eigenvalue weighted by Gasteiger charge is -2.08. The highest BCUT2D eigenvalue weighted by atomic mass is 16.6. The van der Waals surface area contributed by atoms with Gasteiger partial charge in [0.25, 0.3) is 11.4 Å². The molecule has 154 valence electrons. The number of aromatic nitrogens is 1. The van der Waals surface area contributed by atoms with E-state index in [-0.39, 0.29) is 21.8 Å². The summed E-state index contributed by atoms with van der Waals surface area (Å²) in [7, 11) is 0. The Balaban J connectivity index is 2.37. The maximum absolute atomic E-state index is 11.8. The third kappa shape index (κ3) is 2.96. The van der Waals surface area contributed by atoms with Crippen molar-refractivity contribution in [2.24, 2.45) is 0 Å². The van der Waals surface area contributed by atoms with E-state index >= 15 is 0 Å². The molecule has 13 heteroatoms. The van der Waals surface area contributed by atoms with E-state index in [1.807, 2.05) is 0 Å². The van der Waals surface area contributed by atoms with Crippen molar-refractivity contribution in [3.63, 3.8) is 0 Å². The van der Waals surface area contributed by atoms with Crippen LogP contribution < -0.4 is 0 Å². The van der Waals surface area contributed by atoms with Crippen LogP contribution in [0.4, 0.5) is 22.7 Å². The van der Waals surface area contributed by atoms with Gasteiger partial charge in [-0.2, -0.15) is 0 Å². The minimum atomic E-state index is -0.843. The minimum absolute atomic E-state index is 0.0912. The summed E-state index contributed by atoms with van der Waals surface area (Å²) in [5, 5.41) is 46.0. The first-order valence-corrected chi connectivity index (χ1v) is 8.50. The number of rotatable bonds is 5. The van der Waals surface area contributed by atoms with Crippen molar-refractivity contribution in [2.45, 2.75) is 0 Å². The van der Waals surface area contributed by atoms with E-state index in [9.17, 15) is 40.5 Å². The van der Waals surface area contributed by atoms with Gasteiger partial charge in [-0.15, -0.1) is 0 Å². The number of para-hydroxylation sites is 1. The average Bonchev–Trinajstić information content (AvgIpc) is 3.06. The zero-order valence-corrected chi connectivity index (χ0v) is 15.2. The molecule has 0 saturated carbocycles. The molecular formula is C18H9N5O8. The van der Waals surface area contributed by atoms with E-state index < -0.39 is 42.4 Å². The molecular weight excluding hydrogens is 414 g/mol. The van der Waals surface area contributed by atoms with Gasteiger partial charge >= 0.3 is 11.4 Å². The van der Waals surface area contributed by atoms with Gasteiger partial charge in [-0.1, -0.05) is 18.2 Å². The van der Waals surface area contributed by atoms with Gasteiger partial charge in [-0.25, -0.2) is 0 Å². The molecule has 0 aliphatic rings. The molecule has 0 unspecified atom stereocenters. The molecule has 0 saturated heterocycles. The molecule has 4 aromatic rings. The Morgan fingerprint density at radius 1 is 0.581 bits per heavy atom. The van der Waals surface area contributed by atoms with Crippen LogP contribution in [0.3, 0.4) is 0 Å².